The highest BCUT2D eigenvalue weighted by molar-refractivity contribution is 7.89. The Morgan fingerprint density at radius 1 is 1.31 bits per heavy atom. The van der Waals surface area contributed by atoms with Crippen LogP contribution in [-0.2, 0) is 14.8 Å². The molecular weight excluding hydrogens is 352 g/mol. The zero-order chi connectivity index (χ0) is 19.6. The Balaban J connectivity index is 2.27. The van der Waals surface area contributed by atoms with Crippen molar-refractivity contribution in [3.63, 3.8) is 0 Å². The molecule has 8 heteroatoms. The summed E-state index contributed by atoms with van der Waals surface area (Å²) in [6.45, 7) is 10.2. The number of hydrogen-bond acceptors (Lipinski definition) is 4. The van der Waals surface area contributed by atoms with Crippen molar-refractivity contribution in [3.8, 4) is 0 Å². The Morgan fingerprint density at radius 2 is 2.04 bits per heavy atom. The molecular formula is C18H38N4O3S. The molecule has 1 fully saturated rings. The summed E-state index contributed by atoms with van der Waals surface area (Å²) in [5.41, 5.74) is 0.300. The monoisotopic (exact) mass is 390 g/mol. The van der Waals surface area contributed by atoms with Crippen molar-refractivity contribution >= 4 is 16.0 Å². The van der Waals surface area contributed by atoms with Crippen LogP contribution >= 0.6 is 0 Å². The first-order chi connectivity index (χ1) is 12.1. The number of rotatable bonds is 9. The quantitative estimate of drug-likeness (QED) is 0.413. The van der Waals surface area contributed by atoms with E-state index in [9.17, 15) is 8.42 Å². The molecule has 0 saturated carbocycles. The summed E-state index contributed by atoms with van der Waals surface area (Å²) in [4.78, 5) is 4.17. The van der Waals surface area contributed by atoms with E-state index in [0.717, 1.165) is 38.7 Å². The van der Waals surface area contributed by atoms with Gasteiger partial charge in [0.25, 0.3) is 0 Å². The third-order valence-electron chi connectivity index (χ3n) is 4.40. The van der Waals surface area contributed by atoms with Crippen molar-refractivity contribution in [2.75, 3.05) is 32.5 Å². The maximum Gasteiger partial charge on any atom is 0.213 e. The van der Waals surface area contributed by atoms with Crippen LogP contribution < -0.4 is 15.4 Å². The van der Waals surface area contributed by atoms with Crippen molar-refractivity contribution in [3.05, 3.63) is 0 Å². The van der Waals surface area contributed by atoms with Crippen LogP contribution in [-0.4, -0.2) is 59.0 Å². The second kappa shape index (κ2) is 11.1. The predicted octanol–water partition coefficient (Wildman–Crippen LogP) is 1.85. The van der Waals surface area contributed by atoms with Gasteiger partial charge in [0.05, 0.1) is 11.9 Å². The molecule has 0 aromatic rings. The summed E-state index contributed by atoms with van der Waals surface area (Å²) in [5.74, 6) is 0.647. The van der Waals surface area contributed by atoms with Gasteiger partial charge in [-0.05, 0) is 44.4 Å². The Hall–Kier alpha value is -0.860. The van der Waals surface area contributed by atoms with E-state index in [2.05, 4.69) is 48.0 Å². The molecule has 2 unspecified atom stereocenters. The number of aliphatic imine (C=N–C) groups is 1. The molecule has 1 aliphatic rings. The molecule has 1 aliphatic heterocycles. The number of nitrogens with one attached hydrogen (secondary N) is 3. The second-order valence-corrected chi connectivity index (χ2v) is 10.2. The number of guanidine groups is 1. The SMILES string of the molecule is CN=C(NCCS(=O)(=O)NCC1CCCCO1)NC(C)CCC(C)(C)C. The van der Waals surface area contributed by atoms with E-state index in [4.69, 9.17) is 4.74 Å². The van der Waals surface area contributed by atoms with E-state index in [1.807, 2.05) is 0 Å². The molecule has 154 valence electrons. The number of hydrogen-bond donors (Lipinski definition) is 3. The zero-order valence-corrected chi connectivity index (χ0v) is 17.9. The van der Waals surface area contributed by atoms with Gasteiger partial charge in [0.15, 0.2) is 5.96 Å². The van der Waals surface area contributed by atoms with Crippen molar-refractivity contribution in [1.82, 2.24) is 15.4 Å². The molecule has 0 bridgehead atoms. The molecule has 0 aliphatic carbocycles. The van der Waals surface area contributed by atoms with Crippen LogP contribution in [0.5, 0.6) is 0 Å². The molecule has 1 rings (SSSR count). The lowest BCUT2D eigenvalue weighted by atomic mass is 9.89. The molecule has 3 N–H and O–H groups in total. The minimum Gasteiger partial charge on any atom is -0.377 e. The standard InChI is InChI=1S/C18H38N4O3S/c1-15(9-10-18(2,3)4)22-17(19-5)20-11-13-26(23,24)21-14-16-8-6-7-12-25-16/h15-16,21H,6-14H2,1-5H3,(H2,19,20,22). The third kappa shape index (κ3) is 11.0. The van der Waals surface area contributed by atoms with Crippen molar-refractivity contribution < 1.29 is 13.2 Å². The van der Waals surface area contributed by atoms with Gasteiger partial charge in [-0.1, -0.05) is 20.8 Å². The number of sulfonamides is 1. The van der Waals surface area contributed by atoms with Gasteiger partial charge < -0.3 is 15.4 Å². The first kappa shape index (κ1) is 23.2. The lowest BCUT2D eigenvalue weighted by Gasteiger charge is -2.23. The van der Waals surface area contributed by atoms with Gasteiger partial charge in [-0.25, -0.2) is 13.1 Å². The number of nitrogens with zero attached hydrogens (tertiary/aromatic N) is 1. The molecule has 0 spiro atoms. The van der Waals surface area contributed by atoms with Gasteiger partial charge in [0.1, 0.15) is 0 Å². The molecule has 7 nitrogen and oxygen atoms in total. The summed E-state index contributed by atoms with van der Waals surface area (Å²) in [7, 11) is -1.62. The Labute approximate surface area is 159 Å². The van der Waals surface area contributed by atoms with Crippen molar-refractivity contribution in [1.29, 1.82) is 0 Å². The highest BCUT2D eigenvalue weighted by Crippen LogP contribution is 2.21. The van der Waals surface area contributed by atoms with Crippen LogP contribution in [0.25, 0.3) is 0 Å². The normalized spacial score (nSPS) is 20.7. The molecule has 0 amide bonds. The van der Waals surface area contributed by atoms with Crippen LogP contribution in [0.15, 0.2) is 4.99 Å². The second-order valence-electron chi connectivity index (χ2n) is 8.30. The summed E-state index contributed by atoms with van der Waals surface area (Å²) in [5, 5.41) is 6.39. The summed E-state index contributed by atoms with van der Waals surface area (Å²) >= 11 is 0. The topological polar surface area (TPSA) is 91.8 Å². The lowest BCUT2D eigenvalue weighted by Crippen LogP contribution is -2.45. The van der Waals surface area contributed by atoms with E-state index < -0.39 is 10.0 Å². The van der Waals surface area contributed by atoms with E-state index in [1.165, 1.54) is 0 Å². The van der Waals surface area contributed by atoms with Gasteiger partial charge >= 0.3 is 0 Å². The molecule has 2 atom stereocenters. The first-order valence-electron chi connectivity index (χ1n) is 9.67. The fourth-order valence-electron chi connectivity index (χ4n) is 2.71. The smallest absolute Gasteiger partial charge is 0.213 e. The van der Waals surface area contributed by atoms with E-state index in [1.54, 1.807) is 7.05 Å². The van der Waals surface area contributed by atoms with Crippen LogP contribution in [0.2, 0.25) is 0 Å². The summed E-state index contributed by atoms with van der Waals surface area (Å²) < 4.78 is 32.4. The van der Waals surface area contributed by atoms with E-state index >= 15 is 0 Å². The van der Waals surface area contributed by atoms with Crippen molar-refractivity contribution in [2.24, 2.45) is 10.4 Å². The van der Waals surface area contributed by atoms with Gasteiger partial charge in [0.2, 0.25) is 10.0 Å². The molecule has 26 heavy (non-hydrogen) atoms. The summed E-state index contributed by atoms with van der Waals surface area (Å²) in [6, 6.07) is 0.276. The third-order valence-corrected chi connectivity index (χ3v) is 5.75. The van der Waals surface area contributed by atoms with Crippen LogP contribution in [0, 0.1) is 5.41 Å². The number of ether oxygens (including phenoxy) is 1. The average Bonchev–Trinajstić information content (AvgIpc) is 2.57. The van der Waals surface area contributed by atoms with Crippen LogP contribution in [0.1, 0.15) is 59.8 Å². The Kier molecular flexibility index (Phi) is 9.89. The first-order valence-corrected chi connectivity index (χ1v) is 11.3. The fourth-order valence-corrected chi connectivity index (χ4v) is 3.67. The highest BCUT2D eigenvalue weighted by Gasteiger charge is 2.18. The minimum atomic E-state index is -3.32. The maximum absolute atomic E-state index is 12.1. The Bertz CT molecular complexity index is 523. The van der Waals surface area contributed by atoms with E-state index in [-0.39, 0.29) is 17.9 Å². The lowest BCUT2D eigenvalue weighted by molar-refractivity contribution is 0.0200. The molecule has 0 radical (unpaired) electrons. The molecule has 1 heterocycles. The largest absolute Gasteiger partial charge is 0.377 e. The van der Waals surface area contributed by atoms with Gasteiger partial charge in [0, 0.05) is 32.8 Å². The Morgan fingerprint density at radius 3 is 2.62 bits per heavy atom. The zero-order valence-electron chi connectivity index (χ0n) is 17.1. The van der Waals surface area contributed by atoms with Gasteiger partial charge in [-0.2, -0.15) is 0 Å². The van der Waals surface area contributed by atoms with Gasteiger partial charge in [-0.3, -0.25) is 4.99 Å². The maximum atomic E-state index is 12.1. The summed E-state index contributed by atoms with van der Waals surface area (Å²) in [6.07, 6.45) is 5.23. The average molecular weight is 391 g/mol. The van der Waals surface area contributed by atoms with Gasteiger partial charge in [-0.15, -0.1) is 0 Å². The molecule has 0 aromatic carbocycles. The molecule has 0 aromatic heterocycles. The fraction of sp³-hybridized carbons (Fsp3) is 0.944. The van der Waals surface area contributed by atoms with Crippen LogP contribution in [0.3, 0.4) is 0 Å². The van der Waals surface area contributed by atoms with Crippen molar-refractivity contribution in [2.45, 2.75) is 71.9 Å². The predicted molar refractivity (Wildman–Crippen MR) is 108 cm³/mol. The molecule has 1 saturated heterocycles. The minimum absolute atomic E-state index is 0.00424. The highest BCUT2D eigenvalue weighted by atomic mass is 32.2. The van der Waals surface area contributed by atoms with E-state index in [0.29, 0.717) is 24.5 Å². The van der Waals surface area contributed by atoms with Crippen LogP contribution in [0.4, 0.5) is 0 Å².